The molecule has 0 bridgehead atoms. The fourth-order valence-electron chi connectivity index (χ4n) is 5.28. The molecule has 0 saturated heterocycles. The summed E-state index contributed by atoms with van der Waals surface area (Å²) in [5.41, 5.74) is 7.58. The molecule has 2 heterocycles. The highest BCUT2D eigenvalue weighted by Crippen LogP contribution is 2.41. The van der Waals surface area contributed by atoms with Gasteiger partial charge in [-0.1, -0.05) is 103 Å². The molecule has 1 atom stereocenters. The number of benzene rings is 5. The van der Waals surface area contributed by atoms with Gasteiger partial charge in [0.1, 0.15) is 0 Å². The van der Waals surface area contributed by atoms with Gasteiger partial charge in [-0.25, -0.2) is 4.68 Å². The number of nitrogens with zero attached hydrogens (tertiary/aromatic N) is 4. The van der Waals surface area contributed by atoms with Crippen molar-refractivity contribution in [3.05, 3.63) is 151 Å². The van der Waals surface area contributed by atoms with Crippen molar-refractivity contribution in [3.63, 3.8) is 0 Å². The highest BCUT2D eigenvalue weighted by Gasteiger charge is 2.33. The van der Waals surface area contributed by atoms with Crippen molar-refractivity contribution in [2.24, 2.45) is 5.10 Å². The zero-order chi connectivity index (χ0) is 25.3. The molecule has 0 amide bonds. The lowest BCUT2D eigenvalue weighted by Gasteiger charge is -2.23. The van der Waals surface area contributed by atoms with Crippen LogP contribution >= 0.6 is 0 Å². The summed E-state index contributed by atoms with van der Waals surface area (Å²) in [5, 5.41) is 14.9. The average molecular weight is 491 g/mol. The first-order chi connectivity index (χ1) is 18.8. The zero-order valence-corrected chi connectivity index (χ0v) is 20.9. The van der Waals surface area contributed by atoms with Crippen molar-refractivity contribution < 1.29 is 0 Å². The van der Waals surface area contributed by atoms with Crippen LogP contribution in [0.5, 0.6) is 0 Å². The first-order valence-corrected chi connectivity index (χ1v) is 12.9. The van der Waals surface area contributed by atoms with Gasteiger partial charge in [0.05, 0.1) is 28.8 Å². The second-order valence-corrected chi connectivity index (χ2v) is 9.59. The van der Waals surface area contributed by atoms with E-state index in [0.29, 0.717) is 0 Å². The quantitative estimate of drug-likeness (QED) is 0.245. The van der Waals surface area contributed by atoms with Gasteiger partial charge in [-0.05, 0) is 46.7 Å². The maximum atomic E-state index is 5.17. The van der Waals surface area contributed by atoms with Crippen LogP contribution in [0.25, 0.3) is 27.7 Å². The molecule has 7 rings (SSSR count). The number of aromatic nitrogens is 2. The molecule has 0 spiro atoms. The molecule has 0 aliphatic carbocycles. The van der Waals surface area contributed by atoms with E-state index in [4.69, 9.17) is 10.2 Å². The smallest absolute Gasteiger partial charge is 0.0981 e. The summed E-state index contributed by atoms with van der Waals surface area (Å²) in [4.78, 5) is 0. The van der Waals surface area contributed by atoms with Crippen LogP contribution in [0.2, 0.25) is 0 Å². The third-order valence-electron chi connectivity index (χ3n) is 7.18. The minimum Gasteiger partial charge on any atom is -0.257 e. The minimum atomic E-state index is 0.00605. The van der Waals surface area contributed by atoms with Crippen molar-refractivity contribution >= 4 is 22.2 Å². The fourth-order valence-corrected chi connectivity index (χ4v) is 5.28. The summed E-state index contributed by atoms with van der Waals surface area (Å²) in [6.07, 6.45) is 2.98. The van der Waals surface area contributed by atoms with Crippen LogP contribution in [0.3, 0.4) is 0 Å². The van der Waals surface area contributed by atoms with Crippen molar-refractivity contribution in [1.82, 2.24) is 9.78 Å². The molecule has 0 unspecified atom stereocenters. The summed E-state index contributed by atoms with van der Waals surface area (Å²) < 4.78 is 2.00. The van der Waals surface area contributed by atoms with Gasteiger partial charge in [-0.2, -0.15) is 10.2 Å². The Bertz CT molecular complexity index is 1740. The summed E-state index contributed by atoms with van der Waals surface area (Å²) in [6.45, 7) is 0. The molecular formula is C34H26N4. The van der Waals surface area contributed by atoms with E-state index in [0.717, 1.165) is 45.9 Å². The summed E-state index contributed by atoms with van der Waals surface area (Å²) in [6, 6.07) is 46.3. The van der Waals surface area contributed by atoms with E-state index in [1.807, 2.05) is 22.9 Å². The Balaban J connectivity index is 1.40. The van der Waals surface area contributed by atoms with Crippen molar-refractivity contribution in [2.75, 3.05) is 5.01 Å². The van der Waals surface area contributed by atoms with Crippen LogP contribution in [-0.4, -0.2) is 15.5 Å². The average Bonchev–Trinajstić information content (AvgIpc) is 3.64. The zero-order valence-electron chi connectivity index (χ0n) is 20.9. The number of anilines is 1. The van der Waals surface area contributed by atoms with Gasteiger partial charge in [0, 0.05) is 23.7 Å². The Kier molecular flexibility index (Phi) is 5.56. The minimum absolute atomic E-state index is 0.00605. The van der Waals surface area contributed by atoms with E-state index in [1.54, 1.807) is 0 Å². The monoisotopic (exact) mass is 490 g/mol. The molecule has 1 aliphatic heterocycles. The van der Waals surface area contributed by atoms with E-state index >= 15 is 0 Å². The fraction of sp³-hybridized carbons (Fsp3) is 0.0588. The third-order valence-corrected chi connectivity index (χ3v) is 7.18. The lowest BCUT2D eigenvalue weighted by atomic mass is 9.95. The van der Waals surface area contributed by atoms with Crippen molar-refractivity contribution in [2.45, 2.75) is 12.5 Å². The number of fused-ring (bicyclic) bond motifs is 1. The normalized spacial score (nSPS) is 15.1. The van der Waals surface area contributed by atoms with Crippen LogP contribution < -0.4 is 5.01 Å². The maximum absolute atomic E-state index is 5.17. The van der Waals surface area contributed by atoms with E-state index in [-0.39, 0.29) is 6.04 Å². The van der Waals surface area contributed by atoms with E-state index in [1.165, 1.54) is 10.8 Å². The lowest BCUT2D eigenvalue weighted by Crippen LogP contribution is -2.18. The van der Waals surface area contributed by atoms with E-state index in [2.05, 4.69) is 126 Å². The molecule has 182 valence electrons. The molecule has 1 aliphatic rings. The van der Waals surface area contributed by atoms with Crippen molar-refractivity contribution in [3.8, 4) is 16.9 Å². The molecule has 4 nitrogen and oxygen atoms in total. The van der Waals surface area contributed by atoms with Crippen LogP contribution in [0.1, 0.15) is 23.6 Å². The lowest BCUT2D eigenvalue weighted by molar-refractivity contribution is 0.709. The Labute approximate surface area is 222 Å². The summed E-state index contributed by atoms with van der Waals surface area (Å²) >= 11 is 0. The molecule has 38 heavy (non-hydrogen) atoms. The van der Waals surface area contributed by atoms with Gasteiger partial charge in [0.25, 0.3) is 0 Å². The van der Waals surface area contributed by atoms with Gasteiger partial charge in [0.2, 0.25) is 0 Å². The number of para-hydroxylation sites is 2. The van der Waals surface area contributed by atoms with Crippen LogP contribution in [0, 0.1) is 0 Å². The second-order valence-electron chi connectivity index (χ2n) is 9.59. The Morgan fingerprint density at radius 1 is 0.579 bits per heavy atom. The Hall–Kier alpha value is -4.96. The molecule has 5 aromatic carbocycles. The predicted octanol–water partition coefficient (Wildman–Crippen LogP) is 8.05. The SMILES string of the molecule is c1ccc(C2=NN(c3ccccc3)[C@H](c3cn(-c4ccccc4)nc3-c3ccc4ccccc4c3)C2)cc1. The van der Waals surface area contributed by atoms with Gasteiger partial charge in [-0.15, -0.1) is 0 Å². The molecule has 0 fully saturated rings. The molecular weight excluding hydrogens is 464 g/mol. The molecule has 0 radical (unpaired) electrons. The number of hydrogen-bond acceptors (Lipinski definition) is 3. The summed E-state index contributed by atoms with van der Waals surface area (Å²) in [5.74, 6) is 0. The van der Waals surface area contributed by atoms with E-state index in [9.17, 15) is 0 Å². The first-order valence-electron chi connectivity index (χ1n) is 12.9. The highest BCUT2D eigenvalue weighted by atomic mass is 15.5. The van der Waals surface area contributed by atoms with Crippen LogP contribution in [-0.2, 0) is 0 Å². The van der Waals surface area contributed by atoms with Gasteiger partial charge in [0.15, 0.2) is 0 Å². The number of hydrogen-bond donors (Lipinski definition) is 0. The molecule has 6 aromatic rings. The number of hydrazone groups is 1. The predicted molar refractivity (Wildman–Crippen MR) is 156 cm³/mol. The van der Waals surface area contributed by atoms with E-state index < -0.39 is 0 Å². The third kappa shape index (κ3) is 4.06. The number of rotatable bonds is 5. The molecule has 1 aromatic heterocycles. The summed E-state index contributed by atoms with van der Waals surface area (Å²) in [7, 11) is 0. The van der Waals surface area contributed by atoms with Gasteiger partial charge >= 0.3 is 0 Å². The topological polar surface area (TPSA) is 33.4 Å². The second kappa shape index (κ2) is 9.49. The van der Waals surface area contributed by atoms with Crippen LogP contribution in [0.15, 0.2) is 145 Å². The maximum Gasteiger partial charge on any atom is 0.0981 e. The largest absolute Gasteiger partial charge is 0.257 e. The Morgan fingerprint density at radius 2 is 1.21 bits per heavy atom. The standard InChI is InChI=1S/C34H26N4/c1-4-13-26(14-5-1)32-23-33(38(35-32)30-18-8-3-9-19-30)31-24-37(29-16-6-2-7-17-29)36-34(31)28-21-20-25-12-10-11-15-27(25)22-28/h1-22,24,33H,23H2/t33-/m0/s1. The molecule has 0 N–H and O–H groups in total. The van der Waals surface area contributed by atoms with Gasteiger partial charge in [-0.3, -0.25) is 5.01 Å². The van der Waals surface area contributed by atoms with Gasteiger partial charge < -0.3 is 0 Å². The highest BCUT2D eigenvalue weighted by molar-refractivity contribution is 6.03. The molecule has 0 saturated carbocycles. The van der Waals surface area contributed by atoms with Crippen LogP contribution in [0.4, 0.5) is 5.69 Å². The van der Waals surface area contributed by atoms with Crippen molar-refractivity contribution in [1.29, 1.82) is 0 Å². The Morgan fingerprint density at radius 3 is 1.95 bits per heavy atom. The molecule has 4 heteroatoms. The first kappa shape index (κ1) is 22.3.